The van der Waals surface area contributed by atoms with Crippen LogP contribution in [0.3, 0.4) is 0 Å². The van der Waals surface area contributed by atoms with E-state index in [1.54, 1.807) is 6.20 Å². The molecular weight excluding hydrogens is 270 g/mol. The Balaban J connectivity index is 1.57. The van der Waals surface area contributed by atoms with Gasteiger partial charge in [-0.3, -0.25) is 9.48 Å². The molecule has 110 valence electrons. The van der Waals surface area contributed by atoms with E-state index in [2.05, 4.69) is 11.2 Å². The van der Waals surface area contributed by atoms with Gasteiger partial charge in [0.2, 0.25) is 0 Å². The van der Waals surface area contributed by atoms with Crippen molar-refractivity contribution in [3.8, 4) is 0 Å². The van der Waals surface area contributed by atoms with Gasteiger partial charge in [-0.2, -0.15) is 5.10 Å². The van der Waals surface area contributed by atoms with Crippen LogP contribution in [0.2, 0.25) is 0 Å². The maximum absolute atomic E-state index is 11.8. The number of fused-ring (bicyclic) bond motifs is 1. The second kappa shape index (κ2) is 5.97. The van der Waals surface area contributed by atoms with Gasteiger partial charge in [0.15, 0.2) is 0 Å². The van der Waals surface area contributed by atoms with Crippen LogP contribution < -0.4 is 5.73 Å². The fraction of sp³-hybridized carbons (Fsp3) is 0.333. The summed E-state index contributed by atoms with van der Waals surface area (Å²) >= 11 is 0. The highest BCUT2D eigenvalue weighted by Crippen LogP contribution is 2.26. The lowest BCUT2D eigenvalue weighted by Gasteiger charge is -2.25. The first-order valence-electron chi connectivity index (χ1n) is 6.85. The summed E-state index contributed by atoms with van der Waals surface area (Å²) in [6.45, 7) is 0.910. The molecule has 6 heteroatoms. The van der Waals surface area contributed by atoms with E-state index in [1.165, 1.54) is 16.4 Å². The molecule has 0 bridgehead atoms. The van der Waals surface area contributed by atoms with Crippen molar-refractivity contribution in [1.82, 2.24) is 9.78 Å². The van der Waals surface area contributed by atoms with Crippen LogP contribution in [-0.4, -0.2) is 29.0 Å². The summed E-state index contributed by atoms with van der Waals surface area (Å²) in [4.78, 5) is 11.8. The molecule has 1 atom stereocenters. The smallest absolute Gasteiger partial charge is 0.327 e. The van der Waals surface area contributed by atoms with Crippen LogP contribution >= 0.6 is 0 Å². The third-order valence-electron chi connectivity index (χ3n) is 3.43. The lowest BCUT2D eigenvalue weighted by atomic mass is 9.98. The van der Waals surface area contributed by atoms with E-state index in [-0.39, 0.29) is 25.2 Å². The monoisotopic (exact) mass is 287 g/mol. The molecule has 21 heavy (non-hydrogen) atoms. The van der Waals surface area contributed by atoms with Gasteiger partial charge in [0.1, 0.15) is 19.3 Å². The zero-order chi connectivity index (χ0) is 14.7. The Hall–Kier alpha value is -2.34. The van der Waals surface area contributed by atoms with Crippen molar-refractivity contribution < 1.29 is 14.3 Å². The number of esters is 1. The van der Waals surface area contributed by atoms with Crippen LogP contribution in [0.4, 0.5) is 5.69 Å². The van der Waals surface area contributed by atoms with Crippen molar-refractivity contribution in [2.24, 2.45) is 0 Å². The van der Waals surface area contributed by atoms with E-state index in [0.29, 0.717) is 12.3 Å². The van der Waals surface area contributed by atoms with E-state index < -0.39 is 0 Å². The van der Waals surface area contributed by atoms with Crippen molar-refractivity contribution in [3.63, 3.8) is 0 Å². The van der Waals surface area contributed by atoms with Gasteiger partial charge in [-0.25, -0.2) is 0 Å². The molecule has 1 aliphatic heterocycles. The topological polar surface area (TPSA) is 79.4 Å². The van der Waals surface area contributed by atoms with Crippen molar-refractivity contribution >= 4 is 11.7 Å². The standard InChI is InChI=1S/C15H17N3O3/c16-12-7-17-18(8-12)9-15(19)21-10-14-13-4-2-1-3-11(13)5-6-20-14/h1-4,7-8,14H,5-6,9-10,16H2. The number of carbonyl (C=O) groups is 1. The summed E-state index contributed by atoms with van der Waals surface area (Å²) in [6, 6.07) is 8.07. The third kappa shape index (κ3) is 3.22. The number of nitrogens with two attached hydrogens (primary N) is 1. The lowest BCUT2D eigenvalue weighted by Crippen LogP contribution is -2.23. The molecule has 2 N–H and O–H groups in total. The van der Waals surface area contributed by atoms with Gasteiger partial charge in [-0.15, -0.1) is 0 Å². The van der Waals surface area contributed by atoms with Gasteiger partial charge in [0, 0.05) is 6.20 Å². The number of aromatic nitrogens is 2. The molecule has 0 radical (unpaired) electrons. The van der Waals surface area contributed by atoms with Gasteiger partial charge in [0.05, 0.1) is 18.5 Å². The molecule has 2 aromatic rings. The molecule has 0 amide bonds. The van der Waals surface area contributed by atoms with Crippen LogP contribution in [-0.2, 0) is 27.2 Å². The number of nitrogens with zero attached hydrogens (tertiary/aromatic N) is 2. The molecule has 1 unspecified atom stereocenters. The van der Waals surface area contributed by atoms with Gasteiger partial charge in [-0.05, 0) is 17.5 Å². The zero-order valence-electron chi connectivity index (χ0n) is 11.6. The van der Waals surface area contributed by atoms with E-state index >= 15 is 0 Å². The number of hydrogen-bond donors (Lipinski definition) is 1. The van der Waals surface area contributed by atoms with E-state index in [0.717, 1.165) is 12.0 Å². The summed E-state index contributed by atoms with van der Waals surface area (Å²) in [5.74, 6) is -0.357. The Kier molecular flexibility index (Phi) is 3.87. The predicted molar refractivity (Wildman–Crippen MR) is 76.4 cm³/mol. The highest BCUT2D eigenvalue weighted by atomic mass is 16.6. The minimum atomic E-state index is -0.357. The molecule has 1 aromatic heterocycles. The van der Waals surface area contributed by atoms with Gasteiger partial charge in [-0.1, -0.05) is 24.3 Å². The minimum absolute atomic E-state index is 0.0472. The average molecular weight is 287 g/mol. The Morgan fingerprint density at radius 2 is 2.33 bits per heavy atom. The van der Waals surface area contributed by atoms with Crippen LogP contribution in [0.1, 0.15) is 17.2 Å². The molecule has 0 aliphatic carbocycles. The first-order chi connectivity index (χ1) is 10.2. The normalized spacial score (nSPS) is 17.2. The molecule has 0 fully saturated rings. The molecule has 6 nitrogen and oxygen atoms in total. The summed E-state index contributed by atoms with van der Waals surface area (Å²) < 4.78 is 12.4. The average Bonchev–Trinajstić information content (AvgIpc) is 2.90. The maximum atomic E-state index is 11.8. The number of carbonyl (C=O) groups excluding carboxylic acids is 1. The van der Waals surface area contributed by atoms with Crippen LogP contribution in [0, 0.1) is 0 Å². The maximum Gasteiger partial charge on any atom is 0.327 e. The number of nitrogen functional groups attached to an aromatic ring is 1. The minimum Gasteiger partial charge on any atom is -0.461 e. The fourth-order valence-corrected chi connectivity index (χ4v) is 2.43. The van der Waals surface area contributed by atoms with Crippen LogP contribution in [0.25, 0.3) is 0 Å². The third-order valence-corrected chi connectivity index (χ3v) is 3.43. The predicted octanol–water partition coefficient (Wildman–Crippen LogP) is 1.32. The first kappa shape index (κ1) is 13.6. The Labute approximate surface area is 122 Å². The van der Waals surface area contributed by atoms with E-state index in [1.807, 2.05) is 18.2 Å². The summed E-state index contributed by atoms with van der Waals surface area (Å²) in [5, 5.41) is 3.95. The Morgan fingerprint density at radius 3 is 3.14 bits per heavy atom. The number of rotatable bonds is 4. The SMILES string of the molecule is Nc1cnn(CC(=O)OCC2OCCc3ccccc32)c1. The first-order valence-corrected chi connectivity index (χ1v) is 6.85. The number of anilines is 1. The van der Waals surface area contributed by atoms with Crippen molar-refractivity contribution in [3.05, 3.63) is 47.8 Å². The fourth-order valence-electron chi connectivity index (χ4n) is 2.43. The summed E-state index contributed by atoms with van der Waals surface area (Å²) in [7, 11) is 0. The van der Waals surface area contributed by atoms with E-state index in [4.69, 9.17) is 15.2 Å². The molecule has 3 rings (SSSR count). The number of hydrogen-bond acceptors (Lipinski definition) is 5. The quantitative estimate of drug-likeness (QED) is 0.858. The second-order valence-electron chi connectivity index (χ2n) is 4.96. The highest BCUT2D eigenvalue weighted by molar-refractivity contribution is 5.69. The second-order valence-corrected chi connectivity index (χ2v) is 4.96. The summed E-state index contributed by atoms with van der Waals surface area (Å²) in [5.41, 5.74) is 8.41. The van der Waals surface area contributed by atoms with Gasteiger partial charge < -0.3 is 15.2 Å². The van der Waals surface area contributed by atoms with Crippen LogP contribution in [0.5, 0.6) is 0 Å². The summed E-state index contributed by atoms with van der Waals surface area (Å²) in [6.07, 6.45) is 3.79. The number of benzene rings is 1. The van der Waals surface area contributed by atoms with Crippen LogP contribution in [0.15, 0.2) is 36.7 Å². The van der Waals surface area contributed by atoms with Crippen molar-refractivity contribution in [2.75, 3.05) is 18.9 Å². The lowest BCUT2D eigenvalue weighted by molar-refractivity contribution is -0.149. The molecule has 0 saturated heterocycles. The Bertz CT molecular complexity index is 639. The molecule has 2 heterocycles. The van der Waals surface area contributed by atoms with Gasteiger partial charge in [0.25, 0.3) is 0 Å². The zero-order valence-corrected chi connectivity index (χ0v) is 11.6. The van der Waals surface area contributed by atoms with Crippen molar-refractivity contribution in [2.45, 2.75) is 19.1 Å². The highest BCUT2D eigenvalue weighted by Gasteiger charge is 2.21. The Morgan fingerprint density at radius 1 is 1.48 bits per heavy atom. The largest absolute Gasteiger partial charge is 0.461 e. The molecule has 1 aliphatic rings. The molecular formula is C15H17N3O3. The molecule has 0 spiro atoms. The number of ether oxygens (including phenoxy) is 2. The van der Waals surface area contributed by atoms with Crippen molar-refractivity contribution in [1.29, 1.82) is 0 Å². The molecule has 1 aromatic carbocycles. The van der Waals surface area contributed by atoms with E-state index in [9.17, 15) is 4.79 Å². The molecule has 0 saturated carbocycles. The van der Waals surface area contributed by atoms with Gasteiger partial charge >= 0.3 is 5.97 Å².